The van der Waals surface area contributed by atoms with E-state index in [1.54, 1.807) is 0 Å². The monoisotopic (exact) mass is 241 g/mol. The Morgan fingerprint density at radius 2 is 1.94 bits per heavy atom. The molecule has 4 unspecified atom stereocenters. The Labute approximate surface area is 107 Å². The molecule has 17 heavy (non-hydrogen) atoms. The molecular weight excluding hydrogens is 210 g/mol. The predicted octanol–water partition coefficient (Wildman–Crippen LogP) is 3.15. The molecule has 4 atom stereocenters. The van der Waals surface area contributed by atoms with Crippen LogP contribution in [0.15, 0.2) is 0 Å². The average molecular weight is 241 g/mol. The number of piperidine rings is 1. The van der Waals surface area contributed by atoms with E-state index < -0.39 is 0 Å². The zero-order valence-electron chi connectivity index (χ0n) is 12.4. The topological polar surface area (TPSA) is 23.5 Å². The highest BCUT2D eigenvalue weighted by Gasteiger charge is 2.33. The molecule has 1 aliphatic heterocycles. The lowest BCUT2D eigenvalue weighted by Gasteiger charge is -2.45. The third-order valence-corrected chi connectivity index (χ3v) is 4.54. The predicted molar refractivity (Wildman–Crippen MR) is 74.1 cm³/mol. The highest BCUT2D eigenvalue weighted by Crippen LogP contribution is 2.31. The van der Waals surface area contributed by atoms with Gasteiger partial charge in [-0.3, -0.25) is 4.90 Å². The number of hydrogen-bond acceptors (Lipinski definition) is 2. The van der Waals surface area contributed by atoms with Crippen LogP contribution in [0.5, 0.6) is 0 Å². The zero-order chi connectivity index (χ0) is 13.1. The molecule has 0 aromatic heterocycles. The number of likely N-dealkylation sites (tertiary alicyclic amines) is 1. The van der Waals surface area contributed by atoms with Crippen LogP contribution < -0.4 is 0 Å². The minimum atomic E-state index is 0.0831. The van der Waals surface area contributed by atoms with Gasteiger partial charge >= 0.3 is 0 Å². The molecule has 1 heterocycles. The lowest BCUT2D eigenvalue weighted by Crippen LogP contribution is -2.50. The molecule has 102 valence electrons. The van der Waals surface area contributed by atoms with E-state index in [2.05, 4.69) is 39.5 Å². The Hall–Kier alpha value is -0.0800. The molecule has 0 aromatic rings. The van der Waals surface area contributed by atoms with Crippen LogP contribution in [0.25, 0.3) is 0 Å². The van der Waals surface area contributed by atoms with Crippen LogP contribution in [-0.4, -0.2) is 35.7 Å². The van der Waals surface area contributed by atoms with E-state index >= 15 is 0 Å². The maximum Gasteiger partial charge on any atom is 0.0497 e. The molecule has 0 spiro atoms. The molecule has 0 radical (unpaired) electrons. The summed E-state index contributed by atoms with van der Waals surface area (Å²) in [5, 5.41) is 9.64. The highest BCUT2D eigenvalue weighted by atomic mass is 16.3. The molecule has 1 aliphatic rings. The summed E-state index contributed by atoms with van der Waals surface area (Å²) in [6.07, 6.45) is 3.63. The molecule has 0 saturated carbocycles. The van der Waals surface area contributed by atoms with Gasteiger partial charge in [-0.1, -0.05) is 34.1 Å². The van der Waals surface area contributed by atoms with Crippen LogP contribution in [-0.2, 0) is 0 Å². The summed E-state index contributed by atoms with van der Waals surface area (Å²) in [4.78, 5) is 2.60. The maximum atomic E-state index is 9.64. The Bertz CT molecular complexity index is 231. The van der Waals surface area contributed by atoms with Gasteiger partial charge in [0, 0.05) is 31.2 Å². The van der Waals surface area contributed by atoms with Gasteiger partial charge in [-0.15, -0.1) is 0 Å². The molecule has 1 N–H and O–H groups in total. The summed E-state index contributed by atoms with van der Waals surface area (Å²) in [7, 11) is 0. The Morgan fingerprint density at radius 1 is 1.29 bits per heavy atom. The summed E-state index contributed by atoms with van der Waals surface area (Å²) < 4.78 is 0. The molecule has 2 heteroatoms. The van der Waals surface area contributed by atoms with Crippen molar-refractivity contribution < 1.29 is 5.11 Å². The van der Waals surface area contributed by atoms with Gasteiger partial charge in [0.2, 0.25) is 0 Å². The summed E-state index contributed by atoms with van der Waals surface area (Å²) in [6, 6.07) is 0.661. The minimum absolute atomic E-state index is 0.0831. The first kappa shape index (κ1) is 15.0. The van der Waals surface area contributed by atoms with Crippen LogP contribution in [0.2, 0.25) is 0 Å². The minimum Gasteiger partial charge on any atom is -0.396 e. The summed E-state index contributed by atoms with van der Waals surface area (Å²) in [5.74, 6) is 1.58. The third-order valence-electron chi connectivity index (χ3n) is 4.54. The van der Waals surface area contributed by atoms with E-state index in [1.807, 2.05) is 0 Å². The lowest BCUT2D eigenvalue weighted by molar-refractivity contribution is 0.0148. The van der Waals surface area contributed by atoms with Crippen LogP contribution in [0.1, 0.15) is 53.9 Å². The smallest absolute Gasteiger partial charge is 0.0497 e. The second kappa shape index (κ2) is 6.19. The zero-order valence-corrected chi connectivity index (χ0v) is 12.4. The fourth-order valence-electron chi connectivity index (χ4n) is 3.34. The SMILES string of the molecule is CCCC(C)(CO)CN1CC(C)CC(C)C1C. The van der Waals surface area contributed by atoms with E-state index in [1.165, 1.54) is 13.0 Å². The van der Waals surface area contributed by atoms with Gasteiger partial charge in [0.25, 0.3) is 0 Å². The second-order valence-corrected chi connectivity index (χ2v) is 6.71. The van der Waals surface area contributed by atoms with Crippen LogP contribution in [0.3, 0.4) is 0 Å². The van der Waals surface area contributed by atoms with E-state index in [9.17, 15) is 5.11 Å². The van der Waals surface area contributed by atoms with Crippen molar-refractivity contribution in [2.45, 2.75) is 59.9 Å². The molecule has 0 amide bonds. The van der Waals surface area contributed by atoms with Crippen molar-refractivity contribution in [1.29, 1.82) is 0 Å². The number of aliphatic hydroxyl groups excluding tert-OH is 1. The molecule has 2 nitrogen and oxygen atoms in total. The number of rotatable bonds is 5. The van der Waals surface area contributed by atoms with Crippen LogP contribution in [0.4, 0.5) is 0 Å². The average Bonchev–Trinajstić information content (AvgIpc) is 2.25. The Morgan fingerprint density at radius 3 is 2.47 bits per heavy atom. The van der Waals surface area contributed by atoms with Gasteiger partial charge < -0.3 is 5.11 Å². The standard InChI is InChI=1S/C15H31NO/c1-6-7-15(5,11-17)10-16-9-12(2)8-13(3)14(16)4/h12-14,17H,6-11H2,1-5H3. The van der Waals surface area contributed by atoms with Gasteiger partial charge in [0.15, 0.2) is 0 Å². The van der Waals surface area contributed by atoms with Crippen molar-refractivity contribution in [2.75, 3.05) is 19.7 Å². The number of nitrogens with zero attached hydrogens (tertiary/aromatic N) is 1. The van der Waals surface area contributed by atoms with E-state index in [4.69, 9.17) is 0 Å². The molecule has 1 fully saturated rings. The lowest BCUT2D eigenvalue weighted by atomic mass is 9.81. The van der Waals surface area contributed by atoms with Crippen molar-refractivity contribution in [3.63, 3.8) is 0 Å². The van der Waals surface area contributed by atoms with Crippen LogP contribution >= 0.6 is 0 Å². The van der Waals surface area contributed by atoms with Gasteiger partial charge in [-0.2, -0.15) is 0 Å². The quantitative estimate of drug-likeness (QED) is 0.799. The van der Waals surface area contributed by atoms with Crippen molar-refractivity contribution in [2.24, 2.45) is 17.3 Å². The van der Waals surface area contributed by atoms with Crippen molar-refractivity contribution in [3.8, 4) is 0 Å². The molecule has 0 aromatic carbocycles. The van der Waals surface area contributed by atoms with Gasteiger partial charge in [-0.05, 0) is 31.6 Å². The molecule has 1 saturated heterocycles. The maximum absolute atomic E-state index is 9.64. The Balaban J connectivity index is 2.64. The fourth-order valence-corrected chi connectivity index (χ4v) is 3.34. The van der Waals surface area contributed by atoms with Gasteiger partial charge in [0.05, 0.1) is 0 Å². The Kier molecular flexibility index (Phi) is 5.46. The summed E-state index contributed by atoms with van der Waals surface area (Å²) in [6.45, 7) is 14.1. The molecule has 0 aliphatic carbocycles. The summed E-state index contributed by atoms with van der Waals surface area (Å²) >= 11 is 0. The van der Waals surface area contributed by atoms with E-state index in [0.717, 1.165) is 31.2 Å². The number of hydrogen-bond donors (Lipinski definition) is 1. The van der Waals surface area contributed by atoms with Crippen molar-refractivity contribution >= 4 is 0 Å². The normalized spacial score (nSPS) is 34.6. The second-order valence-electron chi connectivity index (χ2n) is 6.71. The van der Waals surface area contributed by atoms with E-state index in [0.29, 0.717) is 12.6 Å². The molecular formula is C15H31NO. The van der Waals surface area contributed by atoms with Gasteiger partial charge in [0.1, 0.15) is 0 Å². The number of aliphatic hydroxyl groups is 1. The van der Waals surface area contributed by atoms with Gasteiger partial charge in [-0.25, -0.2) is 0 Å². The first-order valence-electron chi connectivity index (χ1n) is 7.26. The third kappa shape index (κ3) is 3.96. The van der Waals surface area contributed by atoms with Crippen LogP contribution in [0, 0.1) is 17.3 Å². The van der Waals surface area contributed by atoms with Crippen molar-refractivity contribution in [3.05, 3.63) is 0 Å². The highest BCUT2D eigenvalue weighted by molar-refractivity contribution is 4.86. The molecule has 1 rings (SSSR count). The first-order chi connectivity index (χ1) is 7.91. The fraction of sp³-hybridized carbons (Fsp3) is 1.00. The largest absolute Gasteiger partial charge is 0.396 e. The van der Waals surface area contributed by atoms with Crippen molar-refractivity contribution in [1.82, 2.24) is 4.90 Å². The summed E-state index contributed by atoms with van der Waals surface area (Å²) in [5.41, 5.74) is 0.0831. The van der Waals surface area contributed by atoms with E-state index in [-0.39, 0.29) is 5.41 Å². The molecule has 0 bridgehead atoms. The first-order valence-corrected chi connectivity index (χ1v) is 7.26.